The third-order valence-electron chi connectivity index (χ3n) is 4.03. The van der Waals surface area contributed by atoms with E-state index in [-0.39, 0.29) is 26.6 Å². The van der Waals surface area contributed by atoms with E-state index < -0.39 is 42.5 Å². The van der Waals surface area contributed by atoms with Gasteiger partial charge in [-0.1, -0.05) is 28.1 Å². The molecule has 0 aromatic carbocycles. The van der Waals surface area contributed by atoms with Gasteiger partial charge in [-0.3, -0.25) is 14.5 Å². The Hall–Kier alpha value is -2.03. The highest BCUT2D eigenvalue weighted by molar-refractivity contribution is 8.05. The SMILES string of the molecule is CSC1=C(C(=O)O)N2C(=O)[C@@H](NC(=O)/C(=N\OCCF)c3nc(N)sc3Cl)[C@H]2SC1. The van der Waals surface area contributed by atoms with Gasteiger partial charge in [0.05, 0.1) is 0 Å². The minimum atomic E-state index is -1.21. The number of thiazole rings is 1. The third-order valence-corrected chi connectivity index (χ3v) is 7.41. The van der Waals surface area contributed by atoms with Crippen molar-refractivity contribution in [3.05, 3.63) is 20.6 Å². The summed E-state index contributed by atoms with van der Waals surface area (Å²) in [5.74, 6) is -2.23. The highest BCUT2D eigenvalue weighted by Crippen LogP contribution is 2.42. The van der Waals surface area contributed by atoms with Crippen LogP contribution in [0.2, 0.25) is 4.34 Å². The van der Waals surface area contributed by atoms with Gasteiger partial charge in [0.2, 0.25) is 0 Å². The molecule has 2 aliphatic heterocycles. The fourth-order valence-corrected chi connectivity index (χ4v) is 5.93. The number of thioether (sulfide) groups is 2. The number of hydrogen-bond donors (Lipinski definition) is 3. The molecule has 3 rings (SSSR count). The second-order valence-corrected chi connectivity index (χ2v) is 9.42. The van der Waals surface area contributed by atoms with Gasteiger partial charge >= 0.3 is 5.97 Å². The molecule has 2 aliphatic rings. The number of β-lactam (4-membered cyclic amide) rings is 1. The number of halogens is 2. The monoisotopic (exact) mass is 495 g/mol. The second kappa shape index (κ2) is 9.41. The number of fused-ring (bicyclic) bond motifs is 1. The van der Waals surface area contributed by atoms with Crippen molar-refractivity contribution >= 4 is 75.1 Å². The molecule has 0 saturated carbocycles. The van der Waals surface area contributed by atoms with E-state index in [2.05, 4.69) is 15.5 Å². The van der Waals surface area contributed by atoms with Gasteiger partial charge in [-0.15, -0.1) is 23.5 Å². The Kier molecular flexibility index (Phi) is 7.10. The third kappa shape index (κ3) is 4.22. The zero-order chi connectivity index (χ0) is 22.0. The van der Waals surface area contributed by atoms with Crippen LogP contribution in [-0.2, 0) is 19.2 Å². The Bertz CT molecular complexity index is 955. The smallest absolute Gasteiger partial charge is 0.353 e. The molecule has 4 N–H and O–H groups in total. The maximum absolute atomic E-state index is 12.8. The van der Waals surface area contributed by atoms with Gasteiger partial charge < -0.3 is 21.0 Å². The summed E-state index contributed by atoms with van der Waals surface area (Å²) in [7, 11) is 0. The van der Waals surface area contributed by atoms with E-state index in [4.69, 9.17) is 22.2 Å². The quantitative estimate of drug-likeness (QED) is 0.209. The number of nitrogens with two attached hydrogens (primary N) is 1. The van der Waals surface area contributed by atoms with Crippen molar-refractivity contribution in [2.45, 2.75) is 11.4 Å². The molecular formula is C15H15ClFN5O5S3. The van der Waals surface area contributed by atoms with Crippen LogP contribution in [0.3, 0.4) is 0 Å². The van der Waals surface area contributed by atoms with E-state index in [9.17, 15) is 23.9 Å². The first-order valence-electron chi connectivity index (χ1n) is 8.24. The van der Waals surface area contributed by atoms with Crippen molar-refractivity contribution in [1.82, 2.24) is 15.2 Å². The number of hydrogen-bond acceptors (Lipinski definition) is 10. The number of carbonyl (C=O) groups is 3. The normalized spacial score (nSPS) is 21.2. The summed E-state index contributed by atoms with van der Waals surface area (Å²) in [6, 6.07) is -0.985. The van der Waals surface area contributed by atoms with E-state index >= 15 is 0 Å². The van der Waals surface area contributed by atoms with E-state index in [0.717, 1.165) is 16.2 Å². The van der Waals surface area contributed by atoms with Crippen LogP contribution in [0.4, 0.5) is 9.52 Å². The summed E-state index contributed by atoms with van der Waals surface area (Å²) < 4.78 is 12.4. The molecule has 1 aromatic heterocycles. The number of anilines is 1. The van der Waals surface area contributed by atoms with Gasteiger partial charge in [-0.2, -0.15) is 0 Å². The number of carboxylic acid groups (broad SMARTS) is 1. The van der Waals surface area contributed by atoms with E-state index in [1.165, 1.54) is 23.5 Å². The molecule has 30 heavy (non-hydrogen) atoms. The number of carbonyl (C=O) groups excluding carboxylic acids is 2. The Morgan fingerprint density at radius 3 is 2.87 bits per heavy atom. The van der Waals surface area contributed by atoms with Crippen molar-refractivity contribution in [3.63, 3.8) is 0 Å². The summed E-state index contributed by atoms with van der Waals surface area (Å²) in [6.45, 7) is -1.23. The van der Waals surface area contributed by atoms with Crippen LogP contribution in [0, 0.1) is 0 Å². The first-order valence-corrected chi connectivity index (χ1v) is 11.7. The fraction of sp³-hybridized carbons (Fsp3) is 0.400. The first-order chi connectivity index (χ1) is 14.3. The number of oxime groups is 1. The Balaban J connectivity index is 1.81. The lowest BCUT2D eigenvalue weighted by atomic mass is 10.0. The number of amides is 2. The summed E-state index contributed by atoms with van der Waals surface area (Å²) in [5.41, 5.74) is 5.08. The number of nitrogens with one attached hydrogen (secondary N) is 1. The molecular weight excluding hydrogens is 481 g/mol. The molecule has 2 amide bonds. The predicted octanol–water partition coefficient (Wildman–Crippen LogP) is 1.13. The minimum absolute atomic E-state index is 0.0637. The largest absolute Gasteiger partial charge is 0.477 e. The molecule has 2 atom stereocenters. The van der Waals surface area contributed by atoms with Crippen LogP contribution in [0.25, 0.3) is 0 Å². The highest BCUT2D eigenvalue weighted by Gasteiger charge is 2.54. The van der Waals surface area contributed by atoms with Crippen LogP contribution in [0.1, 0.15) is 5.69 Å². The fourth-order valence-electron chi connectivity index (χ4n) is 2.76. The van der Waals surface area contributed by atoms with Crippen molar-refractivity contribution in [2.75, 3.05) is 31.0 Å². The van der Waals surface area contributed by atoms with Gasteiger partial charge in [0.15, 0.2) is 10.8 Å². The van der Waals surface area contributed by atoms with Crippen LogP contribution in [-0.4, -0.2) is 75.2 Å². The minimum Gasteiger partial charge on any atom is -0.477 e. The maximum atomic E-state index is 12.8. The lowest BCUT2D eigenvalue weighted by Crippen LogP contribution is -2.71. The number of rotatable bonds is 8. The molecule has 0 bridgehead atoms. The van der Waals surface area contributed by atoms with Crippen molar-refractivity contribution in [2.24, 2.45) is 5.16 Å². The predicted molar refractivity (Wildman–Crippen MR) is 113 cm³/mol. The number of nitrogens with zero attached hydrogens (tertiary/aromatic N) is 3. The molecule has 0 aliphatic carbocycles. The van der Waals surface area contributed by atoms with Crippen LogP contribution in [0.15, 0.2) is 15.8 Å². The zero-order valence-corrected chi connectivity index (χ0v) is 18.5. The van der Waals surface area contributed by atoms with Gasteiger partial charge in [-0.05, 0) is 6.26 Å². The molecule has 0 unspecified atom stereocenters. The Morgan fingerprint density at radius 2 is 2.30 bits per heavy atom. The molecule has 0 spiro atoms. The van der Waals surface area contributed by atoms with Gasteiger partial charge in [0, 0.05) is 10.7 Å². The van der Waals surface area contributed by atoms with E-state index in [0.29, 0.717) is 10.7 Å². The molecule has 1 aromatic rings. The average molecular weight is 496 g/mol. The molecule has 162 valence electrons. The number of alkyl halides is 1. The molecule has 1 saturated heterocycles. The van der Waals surface area contributed by atoms with Crippen LogP contribution >= 0.6 is 46.5 Å². The Morgan fingerprint density at radius 1 is 1.57 bits per heavy atom. The first kappa shape index (κ1) is 22.7. The van der Waals surface area contributed by atoms with Gasteiger partial charge in [0.25, 0.3) is 11.8 Å². The maximum Gasteiger partial charge on any atom is 0.353 e. The number of carboxylic acids is 1. The van der Waals surface area contributed by atoms with Gasteiger partial charge in [-0.25, -0.2) is 14.2 Å². The molecule has 15 heteroatoms. The molecule has 3 heterocycles. The molecule has 0 radical (unpaired) electrons. The van der Waals surface area contributed by atoms with Crippen molar-refractivity contribution in [3.8, 4) is 0 Å². The van der Waals surface area contributed by atoms with Crippen LogP contribution < -0.4 is 11.1 Å². The zero-order valence-electron chi connectivity index (χ0n) is 15.3. The topological polar surface area (TPSA) is 147 Å². The summed E-state index contributed by atoms with van der Waals surface area (Å²) >= 11 is 9.52. The lowest BCUT2D eigenvalue weighted by molar-refractivity contribution is -0.150. The molecule has 10 nitrogen and oxygen atoms in total. The number of aromatic nitrogens is 1. The highest BCUT2D eigenvalue weighted by atomic mass is 35.5. The number of aliphatic carboxylic acids is 1. The van der Waals surface area contributed by atoms with Crippen LogP contribution in [0.5, 0.6) is 0 Å². The van der Waals surface area contributed by atoms with E-state index in [1.807, 2.05) is 0 Å². The average Bonchev–Trinajstić information content (AvgIpc) is 3.05. The summed E-state index contributed by atoms with van der Waals surface area (Å²) in [4.78, 5) is 47.4. The lowest BCUT2D eigenvalue weighted by Gasteiger charge is -2.49. The molecule has 1 fully saturated rings. The van der Waals surface area contributed by atoms with Crippen molar-refractivity contribution in [1.29, 1.82) is 0 Å². The Labute approximate surface area is 187 Å². The standard InChI is InChI=1S/C15H15ClFN5O5S3/c1-28-5-4-29-13-8(12(24)22(13)9(5)14(25)26)19-11(23)7(21-27-3-2-17)6-10(16)30-15(18)20-6/h8,13H,2-4H2,1H3,(H2,18,20)(H,19,23)(H,25,26)/b21-7-/t8-,13-/m1/s1. The second-order valence-electron chi connectivity index (χ2n) is 5.78. The summed E-state index contributed by atoms with van der Waals surface area (Å²) in [5, 5.41) is 15.1. The summed E-state index contributed by atoms with van der Waals surface area (Å²) in [6.07, 6.45) is 1.73. The van der Waals surface area contributed by atoms with Gasteiger partial charge in [0.1, 0.15) is 40.4 Å². The van der Waals surface area contributed by atoms with E-state index in [1.54, 1.807) is 6.26 Å². The van der Waals surface area contributed by atoms with Crippen molar-refractivity contribution < 1.29 is 28.7 Å². The number of nitrogen functional groups attached to an aromatic ring is 1.